The first kappa shape index (κ1) is 15.5. The maximum atomic E-state index is 12.2. The topological polar surface area (TPSA) is 55.6 Å². The van der Waals surface area contributed by atoms with Crippen LogP contribution in [0.15, 0.2) is 24.3 Å². The molecule has 19 heavy (non-hydrogen) atoms. The van der Waals surface area contributed by atoms with E-state index >= 15 is 0 Å². The molecule has 4 heteroatoms. The molecule has 0 atom stereocenters. The number of ether oxygens (including phenoxy) is 1. The van der Waals surface area contributed by atoms with E-state index in [0.717, 1.165) is 17.7 Å². The first-order valence-electron chi connectivity index (χ1n) is 6.61. The Bertz CT molecular complexity index is 424. The lowest BCUT2D eigenvalue weighted by molar-refractivity contribution is 0.0580. The number of nitrogens with zero attached hydrogens (tertiary/aromatic N) is 1. The first-order valence-corrected chi connectivity index (χ1v) is 6.61. The van der Waals surface area contributed by atoms with E-state index in [9.17, 15) is 4.79 Å². The molecule has 0 aromatic heterocycles. The lowest BCUT2D eigenvalue weighted by Crippen LogP contribution is -2.38. The molecule has 1 rings (SSSR count). The molecule has 0 aliphatic heterocycles. The summed E-state index contributed by atoms with van der Waals surface area (Å²) in [6.45, 7) is 8.70. The van der Waals surface area contributed by atoms with E-state index in [2.05, 4.69) is 0 Å². The molecule has 106 valence electrons. The second-order valence-electron chi connectivity index (χ2n) is 5.61. The Morgan fingerprint density at radius 2 is 2.05 bits per heavy atom. The van der Waals surface area contributed by atoms with Gasteiger partial charge in [-0.05, 0) is 58.4 Å². The summed E-state index contributed by atoms with van der Waals surface area (Å²) in [5.41, 5.74) is 6.99. The number of benzene rings is 1. The van der Waals surface area contributed by atoms with E-state index in [0.29, 0.717) is 13.1 Å². The number of amides is 1. The maximum absolute atomic E-state index is 12.2. The molecule has 1 aromatic carbocycles. The summed E-state index contributed by atoms with van der Waals surface area (Å²) < 4.78 is 5.44. The Kier molecular flexibility index (Phi) is 5.36. The van der Waals surface area contributed by atoms with Gasteiger partial charge in [-0.15, -0.1) is 0 Å². The molecule has 0 unspecified atom stereocenters. The van der Waals surface area contributed by atoms with Gasteiger partial charge in [0.05, 0.1) is 0 Å². The summed E-state index contributed by atoms with van der Waals surface area (Å²) in [5, 5.41) is 0. The van der Waals surface area contributed by atoms with E-state index in [-0.39, 0.29) is 6.09 Å². The minimum Gasteiger partial charge on any atom is -0.443 e. The highest BCUT2D eigenvalue weighted by Gasteiger charge is 2.22. The van der Waals surface area contributed by atoms with Crippen molar-refractivity contribution in [3.63, 3.8) is 0 Å². The van der Waals surface area contributed by atoms with Gasteiger partial charge in [-0.3, -0.25) is 4.90 Å². The van der Waals surface area contributed by atoms with Crippen molar-refractivity contribution in [1.29, 1.82) is 0 Å². The van der Waals surface area contributed by atoms with Crippen LogP contribution >= 0.6 is 0 Å². The van der Waals surface area contributed by atoms with E-state index in [1.54, 1.807) is 4.90 Å². The third-order valence-corrected chi connectivity index (χ3v) is 2.51. The van der Waals surface area contributed by atoms with Gasteiger partial charge < -0.3 is 10.5 Å². The normalized spacial score (nSPS) is 11.2. The number of aryl methyl sites for hydroxylation is 1. The predicted octanol–water partition coefficient (Wildman–Crippen LogP) is 3.09. The van der Waals surface area contributed by atoms with Crippen molar-refractivity contribution < 1.29 is 9.53 Å². The minimum atomic E-state index is -0.498. The lowest BCUT2D eigenvalue weighted by atomic mass is 10.2. The second kappa shape index (κ2) is 6.57. The summed E-state index contributed by atoms with van der Waals surface area (Å²) in [4.78, 5) is 13.9. The van der Waals surface area contributed by atoms with E-state index in [1.165, 1.54) is 0 Å². The molecule has 0 bridgehead atoms. The largest absolute Gasteiger partial charge is 0.443 e. The molecular weight excluding hydrogens is 240 g/mol. The molecular formula is C15H24N2O2. The average Bonchev–Trinajstić information content (AvgIpc) is 2.27. The van der Waals surface area contributed by atoms with Crippen molar-refractivity contribution in [3.05, 3.63) is 29.8 Å². The highest BCUT2D eigenvalue weighted by molar-refractivity contribution is 5.87. The van der Waals surface area contributed by atoms with Crippen LogP contribution in [0.4, 0.5) is 10.5 Å². The molecule has 1 aromatic rings. The van der Waals surface area contributed by atoms with Crippen LogP contribution in [0.1, 0.15) is 32.8 Å². The van der Waals surface area contributed by atoms with Crippen molar-refractivity contribution in [3.8, 4) is 0 Å². The smallest absolute Gasteiger partial charge is 0.414 e. The zero-order valence-electron chi connectivity index (χ0n) is 12.3. The Hall–Kier alpha value is -1.55. The van der Waals surface area contributed by atoms with Crippen molar-refractivity contribution in [2.45, 2.75) is 39.7 Å². The van der Waals surface area contributed by atoms with Crippen LogP contribution in [-0.4, -0.2) is 24.8 Å². The van der Waals surface area contributed by atoms with Gasteiger partial charge >= 0.3 is 6.09 Å². The molecule has 1 amide bonds. The maximum Gasteiger partial charge on any atom is 0.414 e. The van der Waals surface area contributed by atoms with Crippen LogP contribution in [0.5, 0.6) is 0 Å². The molecule has 0 fully saturated rings. The quantitative estimate of drug-likeness (QED) is 0.909. The molecule has 0 spiro atoms. The number of carbonyl (C=O) groups excluding carboxylic acids is 1. The lowest BCUT2D eigenvalue weighted by Gasteiger charge is -2.27. The highest BCUT2D eigenvalue weighted by atomic mass is 16.6. The number of rotatable bonds is 4. The van der Waals surface area contributed by atoms with Crippen molar-refractivity contribution in [1.82, 2.24) is 0 Å². The third-order valence-electron chi connectivity index (χ3n) is 2.51. The monoisotopic (exact) mass is 264 g/mol. The van der Waals surface area contributed by atoms with Crippen LogP contribution in [0.25, 0.3) is 0 Å². The van der Waals surface area contributed by atoms with Gasteiger partial charge in [-0.1, -0.05) is 12.1 Å². The Morgan fingerprint density at radius 1 is 1.37 bits per heavy atom. The summed E-state index contributed by atoms with van der Waals surface area (Å²) >= 11 is 0. The first-order chi connectivity index (χ1) is 8.83. The number of hydrogen-bond acceptors (Lipinski definition) is 3. The fraction of sp³-hybridized carbons (Fsp3) is 0.533. The fourth-order valence-electron chi connectivity index (χ4n) is 1.69. The molecule has 0 saturated heterocycles. The van der Waals surface area contributed by atoms with Crippen molar-refractivity contribution >= 4 is 11.8 Å². The van der Waals surface area contributed by atoms with E-state index < -0.39 is 5.60 Å². The van der Waals surface area contributed by atoms with Crippen molar-refractivity contribution in [2.75, 3.05) is 18.0 Å². The highest BCUT2D eigenvalue weighted by Crippen LogP contribution is 2.19. The average molecular weight is 264 g/mol. The summed E-state index contributed by atoms with van der Waals surface area (Å²) in [6.07, 6.45) is 0.416. The SMILES string of the molecule is Cc1cccc(N(CCCN)C(=O)OC(C)(C)C)c1. The van der Waals surface area contributed by atoms with Crippen LogP contribution < -0.4 is 10.6 Å². The number of nitrogens with two attached hydrogens (primary N) is 1. The number of anilines is 1. The zero-order chi connectivity index (χ0) is 14.5. The van der Waals surface area contributed by atoms with E-state index in [1.807, 2.05) is 52.0 Å². The molecule has 0 radical (unpaired) electrons. The van der Waals surface area contributed by atoms with Crippen LogP contribution in [0.2, 0.25) is 0 Å². The number of carbonyl (C=O) groups is 1. The molecule has 0 aliphatic rings. The molecule has 2 N–H and O–H groups in total. The van der Waals surface area contributed by atoms with Gasteiger partial charge in [0.15, 0.2) is 0 Å². The van der Waals surface area contributed by atoms with Gasteiger partial charge in [0.25, 0.3) is 0 Å². The Morgan fingerprint density at radius 3 is 2.58 bits per heavy atom. The van der Waals surface area contributed by atoms with Crippen LogP contribution in [0, 0.1) is 6.92 Å². The van der Waals surface area contributed by atoms with Crippen LogP contribution in [0.3, 0.4) is 0 Å². The van der Waals surface area contributed by atoms with Gasteiger partial charge in [0, 0.05) is 12.2 Å². The summed E-state index contributed by atoms with van der Waals surface area (Å²) in [7, 11) is 0. The van der Waals surface area contributed by atoms with Gasteiger partial charge in [-0.25, -0.2) is 4.79 Å². The van der Waals surface area contributed by atoms with Gasteiger partial charge in [0.2, 0.25) is 0 Å². The standard InChI is InChI=1S/C15H24N2O2/c1-12-7-5-8-13(11-12)17(10-6-9-16)14(18)19-15(2,3)4/h5,7-8,11H,6,9-10,16H2,1-4H3. The number of hydrogen-bond donors (Lipinski definition) is 1. The Labute approximate surface area is 115 Å². The predicted molar refractivity (Wildman–Crippen MR) is 78.4 cm³/mol. The Balaban J connectivity index is 2.91. The molecule has 0 heterocycles. The molecule has 0 saturated carbocycles. The molecule has 0 aliphatic carbocycles. The van der Waals surface area contributed by atoms with Gasteiger partial charge in [0.1, 0.15) is 5.60 Å². The minimum absolute atomic E-state index is 0.327. The summed E-state index contributed by atoms with van der Waals surface area (Å²) in [6, 6.07) is 7.82. The zero-order valence-corrected chi connectivity index (χ0v) is 12.3. The second-order valence-corrected chi connectivity index (χ2v) is 5.61. The summed E-state index contributed by atoms with van der Waals surface area (Å²) in [5.74, 6) is 0. The van der Waals surface area contributed by atoms with Crippen LogP contribution in [-0.2, 0) is 4.74 Å². The third kappa shape index (κ3) is 5.30. The van der Waals surface area contributed by atoms with E-state index in [4.69, 9.17) is 10.5 Å². The fourth-order valence-corrected chi connectivity index (χ4v) is 1.69. The molecule has 4 nitrogen and oxygen atoms in total. The van der Waals surface area contributed by atoms with Gasteiger partial charge in [-0.2, -0.15) is 0 Å². The van der Waals surface area contributed by atoms with Crippen molar-refractivity contribution in [2.24, 2.45) is 5.73 Å².